The van der Waals surface area contributed by atoms with E-state index in [-0.39, 0.29) is 0 Å². The minimum absolute atomic E-state index is 0.326. The van der Waals surface area contributed by atoms with Crippen LogP contribution in [-0.4, -0.2) is 11.8 Å². The Balaban J connectivity index is 1.57. The summed E-state index contributed by atoms with van der Waals surface area (Å²) in [6.45, 7) is 4.01. The molecule has 0 atom stereocenters. The van der Waals surface area contributed by atoms with Gasteiger partial charge in [-0.2, -0.15) is 0 Å². The predicted molar refractivity (Wildman–Crippen MR) is 70.0 cm³/mol. The number of thiazole rings is 1. The Hall–Kier alpha value is -1.59. The van der Waals surface area contributed by atoms with Crippen LogP contribution in [0.2, 0.25) is 0 Å². The number of rotatable bonds is 4. The van der Waals surface area contributed by atoms with Crippen molar-refractivity contribution >= 4 is 11.3 Å². The standard InChI is InChI=1S/C13H14N2O2S/c1-9-15-7-11(18-9)6-14-5-10-2-3-12-13(4-10)17-8-16-12/h2-4,7,14H,5-6,8H2,1H3. The van der Waals surface area contributed by atoms with Crippen LogP contribution >= 0.6 is 11.3 Å². The molecular formula is C13H14N2O2S. The Kier molecular flexibility index (Phi) is 3.17. The summed E-state index contributed by atoms with van der Waals surface area (Å²) >= 11 is 1.72. The van der Waals surface area contributed by atoms with E-state index in [4.69, 9.17) is 9.47 Å². The van der Waals surface area contributed by atoms with Crippen LogP contribution in [-0.2, 0) is 13.1 Å². The third-order valence-corrected chi connectivity index (χ3v) is 3.65. The Morgan fingerprint density at radius 1 is 1.28 bits per heavy atom. The number of nitrogens with one attached hydrogen (secondary N) is 1. The lowest BCUT2D eigenvalue weighted by Crippen LogP contribution is -2.11. The first-order chi connectivity index (χ1) is 8.81. The largest absolute Gasteiger partial charge is 0.454 e. The lowest BCUT2D eigenvalue weighted by Gasteiger charge is -2.04. The fourth-order valence-corrected chi connectivity index (χ4v) is 2.63. The maximum atomic E-state index is 5.35. The Labute approximate surface area is 110 Å². The molecule has 0 unspecified atom stereocenters. The average molecular weight is 262 g/mol. The third-order valence-electron chi connectivity index (χ3n) is 2.73. The van der Waals surface area contributed by atoms with E-state index in [1.54, 1.807) is 11.3 Å². The first kappa shape index (κ1) is 11.5. The number of benzene rings is 1. The molecule has 0 bridgehead atoms. The lowest BCUT2D eigenvalue weighted by atomic mass is 10.2. The van der Waals surface area contributed by atoms with Crippen LogP contribution in [0, 0.1) is 6.92 Å². The summed E-state index contributed by atoms with van der Waals surface area (Å²) in [6, 6.07) is 6.03. The minimum atomic E-state index is 0.326. The van der Waals surface area contributed by atoms with Crippen molar-refractivity contribution in [2.24, 2.45) is 0 Å². The summed E-state index contributed by atoms with van der Waals surface area (Å²) in [6.07, 6.45) is 1.92. The summed E-state index contributed by atoms with van der Waals surface area (Å²) in [5.74, 6) is 1.67. The second kappa shape index (κ2) is 4.96. The molecular weight excluding hydrogens is 248 g/mol. The highest BCUT2D eigenvalue weighted by atomic mass is 32.1. The second-order valence-corrected chi connectivity index (χ2v) is 5.46. The number of fused-ring (bicyclic) bond motifs is 1. The van der Waals surface area contributed by atoms with Crippen LogP contribution in [0.5, 0.6) is 11.5 Å². The van der Waals surface area contributed by atoms with Gasteiger partial charge in [-0.15, -0.1) is 11.3 Å². The predicted octanol–water partition coefficient (Wildman–Crippen LogP) is 2.47. The molecule has 0 saturated carbocycles. The van der Waals surface area contributed by atoms with Crippen molar-refractivity contribution in [3.8, 4) is 11.5 Å². The molecule has 1 aliphatic rings. The van der Waals surface area contributed by atoms with Crippen molar-refractivity contribution in [3.63, 3.8) is 0 Å². The topological polar surface area (TPSA) is 43.4 Å². The molecule has 1 aliphatic heterocycles. The molecule has 4 nitrogen and oxygen atoms in total. The minimum Gasteiger partial charge on any atom is -0.454 e. The molecule has 0 saturated heterocycles. The molecule has 1 aromatic carbocycles. The molecule has 3 rings (SSSR count). The van der Waals surface area contributed by atoms with Crippen LogP contribution in [0.4, 0.5) is 0 Å². The molecule has 2 heterocycles. The van der Waals surface area contributed by atoms with Crippen molar-refractivity contribution in [3.05, 3.63) is 39.8 Å². The fraction of sp³-hybridized carbons (Fsp3) is 0.308. The summed E-state index contributed by atoms with van der Waals surface area (Å²) in [7, 11) is 0. The van der Waals surface area contributed by atoms with Gasteiger partial charge in [-0.1, -0.05) is 6.07 Å². The van der Waals surface area contributed by atoms with Gasteiger partial charge in [-0.3, -0.25) is 0 Å². The zero-order valence-electron chi connectivity index (χ0n) is 10.1. The van der Waals surface area contributed by atoms with Gasteiger partial charge in [0, 0.05) is 24.2 Å². The van der Waals surface area contributed by atoms with Crippen LogP contribution in [0.15, 0.2) is 24.4 Å². The van der Waals surface area contributed by atoms with Gasteiger partial charge in [0.05, 0.1) is 5.01 Å². The molecule has 0 aliphatic carbocycles. The van der Waals surface area contributed by atoms with E-state index in [0.717, 1.165) is 29.6 Å². The molecule has 1 N–H and O–H groups in total. The van der Waals surface area contributed by atoms with Crippen LogP contribution in [0.1, 0.15) is 15.4 Å². The number of aryl methyl sites for hydroxylation is 1. The second-order valence-electron chi connectivity index (χ2n) is 4.14. The zero-order valence-corrected chi connectivity index (χ0v) is 10.9. The van der Waals surface area contributed by atoms with Crippen molar-refractivity contribution in [2.75, 3.05) is 6.79 Å². The maximum absolute atomic E-state index is 5.35. The SMILES string of the molecule is Cc1ncc(CNCc2ccc3c(c2)OCO3)s1. The van der Waals surface area contributed by atoms with Crippen molar-refractivity contribution < 1.29 is 9.47 Å². The normalized spacial score (nSPS) is 12.9. The Bertz CT molecular complexity index is 554. The van der Waals surface area contributed by atoms with Gasteiger partial charge in [-0.25, -0.2) is 4.98 Å². The molecule has 1 aromatic heterocycles. The summed E-state index contributed by atoms with van der Waals surface area (Å²) in [5.41, 5.74) is 1.19. The van der Waals surface area contributed by atoms with Gasteiger partial charge in [0.25, 0.3) is 0 Å². The van der Waals surface area contributed by atoms with Crippen LogP contribution < -0.4 is 14.8 Å². The van der Waals surface area contributed by atoms with Crippen LogP contribution in [0.25, 0.3) is 0 Å². The van der Waals surface area contributed by atoms with E-state index < -0.39 is 0 Å². The van der Waals surface area contributed by atoms with Gasteiger partial charge in [-0.05, 0) is 24.6 Å². The van der Waals surface area contributed by atoms with Gasteiger partial charge in [0.15, 0.2) is 11.5 Å². The van der Waals surface area contributed by atoms with Gasteiger partial charge >= 0.3 is 0 Å². The van der Waals surface area contributed by atoms with E-state index in [1.807, 2.05) is 25.3 Å². The molecule has 18 heavy (non-hydrogen) atoms. The highest BCUT2D eigenvalue weighted by Crippen LogP contribution is 2.32. The summed E-state index contributed by atoms with van der Waals surface area (Å²) in [5, 5.41) is 4.50. The molecule has 2 aromatic rings. The number of aromatic nitrogens is 1. The van der Waals surface area contributed by atoms with Gasteiger partial charge < -0.3 is 14.8 Å². The van der Waals surface area contributed by atoms with Crippen LogP contribution in [0.3, 0.4) is 0 Å². The smallest absolute Gasteiger partial charge is 0.231 e. The van der Waals surface area contributed by atoms with Crippen molar-refractivity contribution in [1.82, 2.24) is 10.3 Å². The first-order valence-corrected chi connectivity index (χ1v) is 6.63. The number of ether oxygens (including phenoxy) is 2. The van der Waals surface area contributed by atoms with E-state index >= 15 is 0 Å². The van der Waals surface area contributed by atoms with Crippen molar-refractivity contribution in [2.45, 2.75) is 20.0 Å². The molecule has 0 spiro atoms. The highest BCUT2D eigenvalue weighted by Gasteiger charge is 2.12. The van der Waals surface area contributed by atoms with E-state index in [9.17, 15) is 0 Å². The number of nitrogens with zero attached hydrogens (tertiary/aromatic N) is 1. The zero-order chi connectivity index (χ0) is 12.4. The van der Waals surface area contributed by atoms with Gasteiger partial charge in [0.1, 0.15) is 0 Å². The molecule has 94 valence electrons. The molecule has 0 amide bonds. The quantitative estimate of drug-likeness (QED) is 0.919. The van der Waals surface area contributed by atoms with E-state index in [0.29, 0.717) is 6.79 Å². The van der Waals surface area contributed by atoms with Crippen molar-refractivity contribution in [1.29, 1.82) is 0 Å². The maximum Gasteiger partial charge on any atom is 0.231 e. The van der Waals surface area contributed by atoms with E-state index in [1.165, 1.54) is 10.4 Å². The molecule has 5 heteroatoms. The summed E-state index contributed by atoms with van der Waals surface area (Å²) in [4.78, 5) is 5.49. The average Bonchev–Trinajstić information content (AvgIpc) is 2.97. The Morgan fingerprint density at radius 2 is 2.17 bits per heavy atom. The fourth-order valence-electron chi connectivity index (χ4n) is 1.87. The van der Waals surface area contributed by atoms with E-state index in [2.05, 4.69) is 16.4 Å². The monoisotopic (exact) mass is 262 g/mol. The third kappa shape index (κ3) is 2.47. The highest BCUT2D eigenvalue weighted by molar-refractivity contribution is 7.11. The summed E-state index contributed by atoms with van der Waals surface area (Å²) < 4.78 is 10.6. The van der Waals surface area contributed by atoms with Gasteiger partial charge in [0.2, 0.25) is 6.79 Å². The lowest BCUT2D eigenvalue weighted by molar-refractivity contribution is 0.174. The number of hydrogen-bond acceptors (Lipinski definition) is 5. The Morgan fingerprint density at radius 3 is 3.00 bits per heavy atom. The molecule has 0 radical (unpaired) electrons. The molecule has 0 fully saturated rings. The first-order valence-electron chi connectivity index (χ1n) is 5.82. The number of hydrogen-bond donors (Lipinski definition) is 1.